The second kappa shape index (κ2) is 5.14. The van der Waals surface area contributed by atoms with E-state index in [1.54, 1.807) is 6.07 Å². The van der Waals surface area contributed by atoms with Crippen LogP contribution >= 0.6 is 0 Å². The molecule has 0 aromatic heterocycles. The molecule has 3 nitrogen and oxygen atoms in total. The molecular weight excluding hydrogens is 240 g/mol. The lowest BCUT2D eigenvalue weighted by molar-refractivity contribution is -0.136. The smallest absolute Gasteiger partial charge is 0.307 e. The fourth-order valence-electron chi connectivity index (χ4n) is 2.16. The minimum Gasteiger partial charge on any atom is -0.507 e. The summed E-state index contributed by atoms with van der Waals surface area (Å²) in [7, 11) is 0. The quantitative estimate of drug-likeness (QED) is 0.885. The van der Waals surface area contributed by atoms with Crippen molar-refractivity contribution in [2.24, 2.45) is 0 Å². The first-order valence-electron chi connectivity index (χ1n) is 6.08. The van der Waals surface area contributed by atoms with Gasteiger partial charge in [0.05, 0.1) is 6.42 Å². The van der Waals surface area contributed by atoms with Gasteiger partial charge in [0.25, 0.3) is 0 Å². The number of rotatable bonds is 3. The zero-order valence-corrected chi connectivity index (χ0v) is 11.0. The van der Waals surface area contributed by atoms with Gasteiger partial charge in [-0.25, -0.2) is 0 Å². The Morgan fingerprint density at radius 3 is 2.26 bits per heavy atom. The van der Waals surface area contributed by atoms with Crippen molar-refractivity contribution in [2.75, 3.05) is 0 Å². The number of aryl methyl sites for hydroxylation is 2. The molecule has 0 aliphatic carbocycles. The summed E-state index contributed by atoms with van der Waals surface area (Å²) in [4.78, 5) is 10.7. The number of carboxylic acid groups (broad SMARTS) is 1. The monoisotopic (exact) mass is 256 g/mol. The maximum Gasteiger partial charge on any atom is 0.307 e. The van der Waals surface area contributed by atoms with E-state index >= 15 is 0 Å². The fraction of sp³-hybridized carbons (Fsp3) is 0.188. The van der Waals surface area contributed by atoms with Gasteiger partial charge in [0, 0.05) is 0 Å². The summed E-state index contributed by atoms with van der Waals surface area (Å²) in [5.74, 6) is -0.527. The van der Waals surface area contributed by atoms with Gasteiger partial charge in [-0.05, 0) is 53.8 Å². The number of carbonyl (C=O) groups is 1. The molecule has 0 aliphatic rings. The first kappa shape index (κ1) is 13.1. The summed E-state index contributed by atoms with van der Waals surface area (Å²) in [6, 6.07) is 11.3. The van der Waals surface area contributed by atoms with E-state index in [2.05, 4.69) is 0 Å². The van der Waals surface area contributed by atoms with Gasteiger partial charge < -0.3 is 10.2 Å². The Kier molecular flexibility index (Phi) is 3.56. The van der Waals surface area contributed by atoms with Crippen LogP contribution in [-0.4, -0.2) is 16.2 Å². The molecule has 0 aliphatic heterocycles. The lowest BCUT2D eigenvalue weighted by atomic mass is 9.98. The number of hydrogen-bond acceptors (Lipinski definition) is 2. The summed E-state index contributed by atoms with van der Waals surface area (Å²) in [6.45, 7) is 3.71. The van der Waals surface area contributed by atoms with Crippen molar-refractivity contribution in [3.05, 3.63) is 53.1 Å². The first-order valence-corrected chi connectivity index (χ1v) is 6.08. The third kappa shape index (κ3) is 2.94. The van der Waals surface area contributed by atoms with E-state index in [0.29, 0.717) is 5.75 Å². The van der Waals surface area contributed by atoms with Crippen LogP contribution < -0.4 is 0 Å². The normalized spacial score (nSPS) is 10.4. The van der Waals surface area contributed by atoms with Crippen molar-refractivity contribution in [3.63, 3.8) is 0 Å². The number of benzene rings is 2. The minimum absolute atomic E-state index is 0.0177. The Morgan fingerprint density at radius 2 is 1.68 bits per heavy atom. The first-order chi connectivity index (χ1) is 8.97. The molecule has 0 heterocycles. The van der Waals surface area contributed by atoms with Crippen molar-refractivity contribution in [2.45, 2.75) is 20.3 Å². The second-order valence-electron chi connectivity index (χ2n) is 4.73. The average molecular weight is 256 g/mol. The molecule has 0 unspecified atom stereocenters. The van der Waals surface area contributed by atoms with Crippen LogP contribution in [0.1, 0.15) is 16.7 Å². The summed E-state index contributed by atoms with van der Waals surface area (Å²) in [6.07, 6.45) is 0.0177. The van der Waals surface area contributed by atoms with E-state index in [9.17, 15) is 9.90 Å². The van der Waals surface area contributed by atoms with Gasteiger partial charge in [-0.3, -0.25) is 4.79 Å². The Morgan fingerprint density at radius 1 is 1.05 bits per heavy atom. The minimum atomic E-state index is -0.838. The van der Waals surface area contributed by atoms with Crippen LogP contribution in [0.3, 0.4) is 0 Å². The Bertz CT molecular complexity index is 607. The molecule has 2 aromatic carbocycles. The largest absolute Gasteiger partial charge is 0.507 e. The van der Waals surface area contributed by atoms with Gasteiger partial charge in [-0.1, -0.05) is 24.3 Å². The summed E-state index contributed by atoms with van der Waals surface area (Å²) < 4.78 is 0. The third-order valence-electron chi connectivity index (χ3n) is 3.11. The van der Waals surface area contributed by atoms with Crippen LogP contribution in [0.15, 0.2) is 36.4 Å². The highest BCUT2D eigenvalue weighted by Crippen LogP contribution is 2.29. The van der Waals surface area contributed by atoms with E-state index < -0.39 is 5.97 Å². The van der Waals surface area contributed by atoms with Gasteiger partial charge in [-0.15, -0.1) is 0 Å². The maximum atomic E-state index is 10.7. The molecule has 0 spiro atoms. The molecule has 19 heavy (non-hydrogen) atoms. The Hall–Kier alpha value is -2.29. The molecule has 98 valence electrons. The molecule has 0 radical (unpaired) electrons. The molecule has 3 heteroatoms. The summed E-state index contributed by atoms with van der Waals surface area (Å²) >= 11 is 0. The molecule has 2 N–H and O–H groups in total. The number of aromatic hydroxyl groups is 1. The highest BCUT2D eigenvalue weighted by Gasteiger charge is 2.07. The third-order valence-corrected chi connectivity index (χ3v) is 3.11. The Labute approximate surface area is 112 Å². The molecule has 2 aromatic rings. The molecular formula is C16H16O3. The molecule has 0 saturated carbocycles. The number of aliphatic carboxylic acids is 1. The zero-order valence-electron chi connectivity index (χ0n) is 11.0. The number of hydrogen-bond donors (Lipinski definition) is 2. The standard InChI is InChI=1S/C16H16O3/c1-10-6-14(7-11(2)16(10)19)13-5-3-4-12(8-13)9-15(17)18/h3-8,19H,9H2,1-2H3,(H,17,18). The number of phenolic OH excluding ortho intramolecular Hbond substituents is 1. The lowest BCUT2D eigenvalue weighted by Gasteiger charge is -2.09. The molecule has 0 fully saturated rings. The van der Waals surface area contributed by atoms with E-state index in [4.69, 9.17) is 5.11 Å². The van der Waals surface area contributed by atoms with Crippen LogP contribution in [0, 0.1) is 13.8 Å². The van der Waals surface area contributed by atoms with Crippen molar-refractivity contribution in [1.82, 2.24) is 0 Å². The van der Waals surface area contributed by atoms with E-state index in [1.807, 2.05) is 44.2 Å². The van der Waals surface area contributed by atoms with Gasteiger partial charge in [0.2, 0.25) is 0 Å². The number of phenols is 1. The van der Waals surface area contributed by atoms with E-state index in [0.717, 1.165) is 27.8 Å². The van der Waals surface area contributed by atoms with E-state index in [1.165, 1.54) is 0 Å². The van der Waals surface area contributed by atoms with Crippen molar-refractivity contribution < 1.29 is 15.0 Å². The average Bonchev–Trinajstić information content (AvgIpc) is 2.35. The van der Waals surface area contributed by atoms with Gasteiger partial charge in [0.15, 0.2) is 0 Å². The van der Waals surface area contributed by atoms with Gasteiger partial charge in [0.1, 0.15) is 5.75 Å². The second-order valence-corrected chi connectivity index (χ2v) is 4.73. The molecule has 0 atom stereocenters. The summed E-state index contributed by atoms with van der Waals surface area (Å²) in [5, 5.41) is 18.6. The zero-order chi connectivity index (χ0) is 14.0. The SMILES string of the molecule is Cc1cc(-c2cccc(CC(=O)O)c2)cc(C)c1O. The summed E-state index contributed by atoms with van der Waals surface area (Å²) in [5.41, 5.74) is 4.36. The molecule has 2 rings (SSSR count). The maximum absolute atomic E-state index is 10.7. The lowest BCUT2D eigenvalue weighted by Crippen LogP contribution is -1.99. The molecule has 0 bridgehead atoms. The van der Waals surface area contributed by atoms with Crippen LogP contribution in [0.25, 0.3) is 11.1 Å². The van der Waals surface area contributed by atoms with Gasteiger partial charge >= 0.3 is 5.97 Å². The van der Waals surface area contributed by atoms with Crippen LogP contribution in [-0.2, 0) is 11.2 Å². The van der Waals surface area contributed by atoms with Crippen molar-refractivity contribution in [1.29, 1.82) is 0 Å². The molecule has 0 amide bonds. The van der Waals surface area contributed by atoms with Crippen molar-refractivity contribution >= 4 is 5.97 Å². The van der Waals surface area contributed by atoms with Crippen LogP contribution in [0.2, 0.25) is 0 Å². The van der Waals surface area contributed by atoms with Crippen LogP contribution in [0.5, 0.6) is 5.75 Å². The van der Waals surface area contributed by atoms with Crippen LogP contribution in [0.4, 0.5) is 0 Å². The predicted molar refractivity (Wildman–Crippen MR) is 74.4 cm³/mol. The molecule has 0 saturated heterocycles. The number of carboxylic acids is 1. The Balaban J connectivity index is 2.44. The predicted octanol–water partition coefficient (Wildman–Crippen LogP) is 3.30. The fourth-order valence-corrected chi connectivity index (χ4v) is 2.16. The van der Waals surface area contributed by atoms with Crippen molar-refractivity contribution in [3.8, 4) is 16.9 Å². The topological polar surface area (TPSA) is 57.5 Å². The highest BCUT2D eigenvalue weighted by atomic mass is 16.4. The highest BCUT2D eigenvalue weighted by molar-refractivity contribution is 5.73. The van der Waals surface area contributed by atoms with E-state index in [-0.39, 0.29) is 6.42 Å². The van der Waals surface area contributed by atoms with Gasteiger partial charge in [-0.2, -0.15) is 0 Å².